The molecule has 1 saturated heterocycles. The van der Waals surface area contributed by atoms with Crippen LogP contribution in [-0.4, -0.2) is 24.7 Å². The maximum absolute atomic E-state index is 13.0. The van der Waals surface area contributed by atoms with Crippen LogP contribution in [0.25, 0.3) is 6.08 Å². The van der Waals surface area contributed by atoms with Gasteiger partial charge in [0.05, 0.1) is 6.61 Å². The van der Waals surface area contributed by atoms with Crippen molar-refractivity contribution in [2.24, 2.45) is 51.2 Å². The van der Waals surface area contributed by atoms with Gasteiger partial charge in [0.25, 0.3) is 0 Å². The van der Waals surface area contributed by atoms with E-state index in [1.54, 1.807) is 11.6 Å². The van der Waals surface area contributed by atoms with E-state index in [-0.39, 0.29) is 22.3 Å². The molecule has 1 aromatic rings. The van der Waals surface area contributed by atoms with Crippen LogP contribution in [0.3, 0.4) is 0 Å². The minimum atomic E-state index is -0.202. The fourth-order valence-electron chi connectivity index (χ4n) is 11.8. The molecule has 1 aromatic carbocycles. The lowest BCUT2D eigenvalue weighted by atomic mass is 9.35. The normalized spacial score (nSPS) is 44.5. The molecule has 0 aromatic heterocycles. The first-order valence-corrected chi connectivity index (χ1v) is 17.2. The fraction of sp³-hybridized carbons (Fsp3) is 0.718. The molecule has 4 fully saturated rings. The Labute approximate surface area is 256 Å². The van der Waals surface area contributed by atoms with E-state index in [9.17, 15) is 4.79 Å². The molecule has 1 aliphatic heterocycles. The molecule has 0 radical (unpaired) electrons. The predicted octanol–water partition coefficient (Wildman–Crippen LogP) is 9.24. The minimum Gasteiger partial charge on any atom is -0.462 e. The number of carbonyl (C=O) groups excluding carboxylic acids is 1. The molecular formula is C39H57NO2. The molecule has 3 nitrogen and oxygen atoms in total. The number of rotatable bonds is 4. The first-order chi connectivity index (χ1) is 19.9. The molecule has 5 aliphatic rings. The van der Waals surface area contributed by atoms with E-state index in [2.05, 4.69) is 59.9 Å². The second-order valence-electron chi connectivity index (χ2n) is 16.6. The van der Waals surface area contributed by atoms with Crippen LogP contribution >= 0.6 is 0 Å². The highest BCUT2D eigenvalue weighted by molar-refractivity contribution is 5.87. The van der Waals surface area contributed by atoms with Gasteiger partial charge in [-0.3, -0.25) is 0 Å². The molecule has 9 atom stereocenters. The van der Waals surface area contributed by atoms with E-state index in [0.717, 1.165) is 23.9 Å². The Morgan fingerprint density at radius 2 is 1.71 bits per heavy atom. The number of carbonyl (C=O) groups is 1. The van der Waals surface area contributed by atoms with Crippen LogP contribution in [0.2, 0.25) is 0 Å². The molecule has 1 N–H and O–H groups in total. The largest absolute Gasteiger partial charge is 0.462 e. The van der Waals surface area contributed by atoms with E-state index in [4.69, 9.17) is 4.74 Å². The number of fused-ring (bicyclic) bond motifs is 7. The highest BCUT2D eigenvalue weighted by atomic mass is 16.5. The maximum atomic E-state index is 13.0. The Morgan fingerprint density at radius 1 is 0.952 bits per heavy atom. The van der Waals surface area contributed by atoms with Gasteiger partial charge in [0, 0.05) is 17.0 Å². The summed E-state index contributed by atoms with van der Waals surface area (Å²) in [6, 6.07) is 10.0. The summed E-state index contributed by atoms with van der Waals surface area (Å²) in [6.45, 7) is 19.7. The van der Waals surface area contributed by atoms with Crippen molar-refractivity contribution < 1.29 is 9.53 Å². The van der Waals surface area contributed by atoms with Crippen molar-refractivity contribution in [2.45, 2.75) is 112 Å². The van der Waals surface area contributed by atoms with Crippen LogP contribution in [-0.2, 0) is 9.53 Å². The Bertz CT molecular complexity index is 1230. The van der Waals surface area contributed by atoms with Crippen molar-refractivity contribution in [3.05, 3.63) is 53.6 Å². The van der Waals surface area contributed by atoms with Crippen LogP contribution in [0.4, 0.5) is 0 Å². The zero-order chi connectivity index (χ0) is 30.0. The van der Waals surface area contributed by atoms with Gasteiger partial charge >= 0.3 is 5.97 Å². The zero-order valence-electron chi connectivity index (χ0n) is 27.6. The van der Waals surface area contributed by atoms with Crippen LogP contribution in [0.5, 0.6) is 0 Å². The lowest BCUT2D eigenvalue weighted by Crippen LogP contribution is -2.64. The smallest absolute Gasteiger partial charge is 0.330 e. The summed E-state index contributed by atoms with van der Waals surface area (Å²) in [4.78, 5) is 13.0. The Hall–Kier alpha value is -1.87. The summed E-state index contributed by atoms with van der Waals surface area (Å²) in [5.41, 5.74) is 3.93. The van der Waals surface area contributed by atoms with Gasteiger partial charge in [0.1, 0.15) is 0 Å². The summed E-state index contributed by atoms with van der Waals surface area (Å²) in [7, 11) is 0. The lowest BCUT2D eigenvalue weighted by Gasteiger charge is -2.70. The van der Waals surface area contributed by atoms with Crippen molar-refractivity contribution >= 4 is 12.0 Å². The molecule has 42 heavy (non-hydrogen) atoms. The molecule has 1 heterocycles. The molecule has 6 rings (SSSR count). The number of hydrogen-bond acceptors (Lipinski definition) is 3. The number of allylic oxidation sites excluding steroid dienone is 2. The van der Waals surface area contributed by atoms with Gasteiger partial charge in [-0.25, -0.2) is 4.79 Å². The number of esters is 1. The van der Waals surface area contributed by atoms with Crippen molar-refractivity contribution in [1.29, 1.82) is 0 Å². The van der Waals surface area contributed by atoms with Crippen LogP contribution < -0.4 is 5.32 Å². The molecule has 0 bridgehead atoms. The maximum Gasteiger partial charge on any atom is 0.330 e. The average Bonchev–Trinajstić information content (AvgIpc) is 3.08. The lowest BCUT2D eigenvalue weighted by molar-refractivity contribution is -0.170. The molecule has 3 heteroatoms. The third kappa shape index (κ3) is 4.58. The fourth-order valence-corrected chi connectivity index (χ4v) is 11.8. The van der Waals surface area contributed by atoms with Gasteiger partial charge in [-0.1, -0.05) is 76.6 Å². The van der Waals surface area contributed by atoms with Crippen molar-refractivity contribution in [1.82, 2.24) is 5.32 Å². The van der Waals surface area contributed by atoms with E-state index in [1.807, 2.05) is 36.4 Å². The molecule has 4 aliphatic carbocycles. The SMILES string of the molecule is C[C@H]1[C@H](C)CC[C@]2(COC(=O)/C=C/c3ccccc3)CC[C@]3(C)C(=CC[C@@H]4[C@@]5(C)CCCNC(C)(C)[C@@H]5CC[C@]43C)[C@@H]12. The average molecular weight is 572 g/mol. The summed E-state index contributed by atoms with van der Waals surface area (Å²) in [6.07, 6.45) is 17.6. The molecular weight excluding hydrogens is 514 g/mol. The van der Waals surface area contributed by atoms with Crippen LogP contribution in [0, 0.1) is 51.2 Å². The summed E-state index contributed by atoms with van der Waals surface area (Å²) in [5, 5.41) is 3.95. The Balaban J connectivity index is 1.31. The second kappa shape index (κ2) is 10.6. The molecule has 230 valence electrons. The third-order valence-electron chi connectivity index (χ3n) is 14.5. The van der Waals surface area contributed by atoms with Crippen molar-refractivity contribution in [3.8, 4) is 0 Å². The van der Waals surface area contributed by atoms with E-state index in [0.29, 0.717) is 35.2 Å². The Kier molecular flexibility index (Phi) is 7.64. The van der Waals surface area contributed by atoms with Gasteiger partial charge in [-0.05, 0) is 136 Å². The minimum absolute atomic E-state index is 0.0616. The van der Waals surface area contributed by atoms with Crippen LogP contribution in [0.15, 0.2) is 48.1 Å². The summed E-state index contributed by atoms with van der Waals surface area (Å²) in [5.74, 6) is 3.06. The topological polar surface area (TPSA) is 38.3 Å². The molecule has 0 spiro atoms. The van der Waals surface area contributed by atoms with Gasteiger partial charge in [-0.2, -0.15) is 0 Å². The molecule has 0 unspecified atom stereocenters. The second-order valence-corrected chi connectivity index (χ2v) is 16.6. The summed E-state index contributed by atoms with van der Waals surface area (Å²) < 4.78 is 6.16. The van der Waals surface area contributed by atoms with Crippen LogP contribution in [0.1, 0.15) is 112 Å². The van der Waals surface area contributed by atoms with E-state index < -0.39 is 0 Å². The monoisotopic (exact) mass is 571 g/mol. The first-order valence-electron chi connectivity index (χ1n) is 17.2. The van der Waals surface area contributed by atoms with Gasteiger partial charge < -0.3 is 10.1 Å². The highest BCUT2D eigenvalue weighted by Crippen LogP contribution is 2.74. The standard InChI is InChI=1S/C39H57NO2/c1-27-18-22-39(26-42-33(41)17-14-29-12-9-8-10-13-29)24-23-37(6)30(34(39)28(27)2)15-16-32-36(5)20-11-25-40-35(3,4)31(36)19-21-38(32,37)7/h8-10,12-15,17,27-28,31-32,34,40H,11,16,18-26H2,1-7H3/b17-14+/t27-,28+,31+,32-,34-,36+,37-,38-,39-/m1/s1. The van der Waals surface area contributed by atoms with Gasteiger partial charge in [-0.15, -0.1) is 0 Å². The first kappa shape index (κ1) is 30.2. The number of ether oxygens (including phenoxy) is 1. The van der Waals surface area contributed by atoms with Crippen molar-refractivity contribution in [3.63, 3.8) is 0 Å². The number of nitrogens with one attached hydrogen (secondary N) is 1. The molecule has 3 saturated carbocycles. The number of hydrogen-bond donors (Lipinski definition) is 1. The highest BCUT2D eigenvalue weighted by Gasteiger charge is 2.67. The zero-order valence-corrected chi connectivity index (χ0v) is 27.6. The third-order valence-corrected chi connectivity index (χ3v) is 14.5. The van der Waals surface area contributed by atoms with Gasteiger partial charge in [0.2, 0.25) is 0 Å². The predicted molar refractivity (Wildman–Crippen MR) is 174 cm³/mol. The number of benzene rings is 1. The van der Waals surface area contributed by atoms with Crippen molar-refractivity contribution in [2.75, 3.05) is 13.2 Å². The van der Waals surface area contributed by atoms with Gasteiger partial charge in [0.15, 0.2) is 0 Å². The quantitative estimate of drug-likeness (QED) is 0.222. The molecule has 0 amide bonds. The van der Waals surface area contributed by atoms with E-state index >= 15 is 0 Å². The Morgan fingerprint density at radius 3 is 2.48 bits per heavy atom. The summed E-state index contributed by atoms with van der Waals surface area (Å²) >= 11 is 0. The van der Waals surface area contributed by atoms with E-state index in [1.165, 1.54) is 57.8 Å².